The largest absolute Gasteiger partial charge is 0.490 e. The van der Waals surface area contributed by atoms with E-state index in [0.29, 0.717) is 19.2 Å². The minimum atomic E-state index is 0.519. The van der Waals surface area contributed by atoms with Crippen LogP contribution in [0.5, 0.6) is 5.75 Å². The van der Waals surface area contributed by atoms with Gasteiger partial charge in [0.2, 0.25) is 4.77 Å². The van der Waals surface area contributed by atoms with Gasteiger partial charge in [-0.25, -0.2) is 4.68 Å². The summed E-state index contributed by atoms with van der Waals surface area (Å²) in [6.07, 6.45) is 4.12. The molecular weight excluding hydrogens is 380 g/mol. The van der Waals surface area contributed by atoms with E-state index in [1.54, 1.807) is 6.08 Å². The number of ether oxygens (including phenoxy) is 1. The van der Waals surface area contributed by atoms with Crippen molar-refractivity contribution in [3.8, 4) is 11.4 Å². The molecular formula is C23H26N4OS. The van der Waals surface area contributed by atoms with Crippen molar-refractivity contribution in [2.75, 3.05) is 13.7 Å². The number of hydrogen-bond donors (Lipinski definition) is 0. The fourth-order valence-electron chi connectivity index (χ4n) is 3.38. The van der Waals surface area contributed by atoms with Crippen LogP contribution in [0.25, 0.3) is 5.69 Å². The lowest BCUT2D eigenvalue weighted by molar-refractivity contribution is 0.243. The van der Waals surface area contributed by atoms with E-state index in [4.69, 9.17) is 22.1 Å². The number of aromatic nitrogens is 3. The van der Waals surface area contributed by atoms with Gasteiger partial charge in [-0.1, -0.05) is 43.0 Å². The van der Waals surface area contributed by atoms with Gasteiger partial charge in [-0.05, 0) is 61.9 Å². The average Bonchev–Trinajstić information content (AvgIpc) is 3.53. The zero-order chi connectivity index (χ0) is 20.2. The number of nitrogens with zero attached hydrogens (tertiary/aromatic N) is 4. The van der Waals surface area contributed by atoms with Gasteiger partial charge in [0.15, 0.2) is 0 Å². The van der Waals surface area contributed by atoms with Crippen molar-refractivity contribution in [2.45, 2.75) is 32.0 Å². The molecule has 2 aromatic carbocycles. The molecule has 0 radical (unpaired) electrons. The molecule has 1 fully saturated rings. The minimum Gasteiger partial charge on any atom is -0.490 e. The summed E-state index contributed by atoms with van der Waals surface area (Å²) in [6.45, 7) is 5.64. The van der Waals surface area contributed by atoms with Gasteiger partial charge in [-0.15, -0.1) is 0 Å². The minimum absolute atomic E-state index is 0.519. The zero-order valence-electron chi connectivity index (χ0n) is 16.7. The Kier molecular flexibility index (Phi) is 5.92. The van der Waals surface area contributed by atoms with Crippen molar-refractivity contribution in [3.05, 3.63) is 83.4 Å². The van der Waals surface area contributed by atoms with Crippen LogP contribution in [0.15, 0.2) is 67.3 Å². The standard InChI is InChI=1S/C23H26N4OS/c1-3-15-28-21-13-9-18(10-14-21)16-25(2)17-26-23(29)27(20-7-5-4-6-8-20)22(24-26)19-11-12-19/h3-10,13-14,19H,1,11-12,15-17H2,2H3. The molecule has 5 nitrogen and oxygen atoms in total. The van der Waals surface area contributed by atoms with E-state index in [2.05, 4.69) is 47.4 Å². The molecule has 0 bridgehead atoms. The molecule has 6 heteroatoms. The second kappa shape index (κ2) is 8.76. The molecule has 0 amide bonds. The smallest absolute Gasteiger partial charge is 0.203 e. The summed E-state index contributed by atoms with van der Waals surface area (Å²) >= 11 is 5.79. The maximum atomic E-state index is 5.79. The van der Waals surface area contributed by atoms with Crippen LogP contribution in [0.1, 0.15) is 30.1 Å². The molecule has 1 aromatic heterocycles. The molecule has 1 aliphatic rings. The third-order valence-corrected chi connectivity index (χ3v) is 5.33. The highest BCUT2D eigenvalue weighted by atomic mass is 32.1. The maximum absolute atomic E-state index is 5.79. The molecule has 4 rings (SSSR count). The number of benzene rings is 2. The molecule has 150 valence electrons. The highest BCUT2D eigenvalue weighted by Gasteiger charge is 2.30. The van der Waals surface area contributed by atoms with Gasteiger partial charge in [0.05, 0.1) is 6.67 Å². The predicted octanol–water partition coefficient (Wildman–Crippen LogP) is 4.93. The van der Waals surface area contributed by atoms with Crippen molar-refractivity contribution in [1.29, 1.82) is 0 Å². The molecule has 29 heavy (non-hydrogen) atoms. The normalized spacial score (nSPS) is 13.6. The van der Waals surface area contributed by atoms with Crippen molar-refractivity contribution >= 4 is 12.2 Å². The molecule has 0 unspecified atom stereocenters. The predicted molar refractivity (Wildman–Crippen MR) is 118 cm³/mol. The Bertz CT molecular complexity index is 1020. The fraction of sp³-hybridized carbons (Fsp3) is 0.304. The van der Waals surface area contributed by atoms with E-state index < -0.39 is 0 Å². The van der Waals surface area contributed by atoms with Crippen molar-refractivity contribution in [1.82, 2.24) is 19.2 Å². The van der Waals surface area contributed by atoms with E-state index in [-0.39, 0.29) is 0 Å². The first-order valence-electron chi connectivity index (χ1n) is 9.92. The van der Waals surface area contributed by atoms with Crippen molar-refractivity contribution in [2.24, 2.45) is 0 Å². The maximum Gasteiger partial charge on any atom is 0.203 e. The van der Waals surface area contributed by atoms with Crippen LogP contribution in [0.2, 0.25) is 0 Å². The SMILES string of the molecule is C=CCOc1ccc(CN(C)Cn2nc(C3CC3)n(-c3ccccc3)c2=S)cc1. The Morgan fingerprint density at radius 1 is 1.17 bits per heavy atom. The lowest BCUT2D eigenvalue weighted by Crippen LogP contribution is -2.22. The van der Waals surface area contributed by atoms with E-state index >= 15 is 0 Å². The topological polar surface area (TPSA) is 35.2 Å². The third-order valence-electron chi connectivity index (χ3n) is 4.94. The van der Waals surface area contributed by atoms with Crippen LogP contribution in [0.3, 0.4) is 0 Å². The first kappa shape index (κ1) is 19.6. The second-order valence-corrected chi connectivity index (χ2v) is 7.85. The van der Waals surface area contributed by atoms with Crippen LogP contribution in [-0.4, -0.2) is 32.9 Å². The molecule has 0 saturated heterocycles. The van der Waals surface area contributed by atoms with Crippen molar-refractivity contribution in [3.63, 3.8) is 0 Å². The Hall–Kier alpha value is -2.70. The molecule has 0 aliphatic heterocycles. The first-order valence-corrected chi connectivity index (χ1v) is 10.3. The van der Waals surface area contributed by atoms with E-state index in [0.717, 1.165) is 28.6 Å². The lowest BCUT2D eigenvalue weighted by Gasteiger charge is -2.16. The van der Waals surface area contributed by atoms with Gasteiger partial charge in [0.1, 0.15) is 18.2 Å². The summed E-state index contributed by atoms with van der Waals surface area (Å²) in [7, 11) is 2.09. The fourth-order valence-corrected chi connectivity index (χ4v) is 3.68. The molecule has 0 N–H and O–H groups in total. The Morgan fingerprint density at radius 2 is 1.90 bits per heavy atom. The van der Waals surface area contributed by atoms with Gasteiger partial charge in [-0.2, -0.15) is 5.10 Å². The quantitative estimate of drug-likeness (QED) is 0.373. The Morgan fingerprint density at radius 3 is 2.55 bits per heavy atom. The number of hydrogen-bond acceptors (Lipinski definition) is 4. The van der Waals surface area contributed by atoms with Crippen LogP contribution >= 0.6 is 12.2 Å². The summed E-state index contributed by atoms with van der Waals surface area (Å²) in [5, 5.41) is 4.88. The lowest BCUT2D eigenvalue weighted by atomic mass is 10.2. The molecule has 0 atom stereocenters. The number of rotatable bonds is 9. The number of para-hydroxylation sites is 1. The Labute approximate surface area is 176 Å². The van der Waals surface area contributed by atoms with Gasteiger partial charge in [-0.3, -0.25) is 9.47 Å². The molecule has 1 heterocycles. The summed E-state index contributed by atoms with van der Waals surface area (Å²) in [4.78, 5) is 2.22. The van der Waals surface area contributed by atoms with Crippen LogP contribution in [0.4, 0.5) is 0 Å². The highest BCUT2D eigenvalue weighted by molar-refractivity contribution is 7.71. The molecule has 0 spiro atoms. The highest BCUT2D eigenvalue weighted by Crippen LogP contribution is 2.40. The summed E-state index contributed by atoms with van der Waals surface area (Å²) in [5.41, 5.74) is 2.30. The summed E-state index contributed by atoms with van der Waals surface area (Å²) in [6, 6.07) is 18.5. The zero-order valence-corrected chi connectivity index (χ0v) is 17.5. The average molecular weight is 407 g/mol. The molecule has 1 aliphatic carbocycles. The van der Waals surface area contributed by atoms with Crippen LogP contribution < -0.4 is 4.74 Å². The Balaban J connectivity index is 1.49. The van der Waals surface area contributed by atoms with Gasteiger partial charge in [0, 0.05) is 18.2 Å². The summed E-state index contributed by atoms with van der Waals surface area (Å²) < 4.78 is 10.4. The first-order chi connectivity index (χ1) is 14.2. The molecule has 1 saturated carbocycles. The summed E-state index contributed by atoms with van der Waals surface area (Å²) in [5.74, 6) is 2.46. The van der Waals surface area contributed by atoms with Crippen LogP contribution in [0, 0.1) is 4.77 Å². The van der Waals surface area contributed by atoms with Crippen LogP contribution in [-0.2, 0) is 13.2 Å². The van der Waals surface area contributed by atoms with E-state index in [1.165, 1.54) is 18.4 Å². The third kappa shape index (κ3) is 4.66. The van der Waals surface area contributed by atoms with Gasteiger partial charge in [0.25, 0.3) is 0 Å². The van der Waals surface area contributed by atoms with E-state index in [9.17, 15) is 0 Å². The molecule has 3 aromatic rings. The van der Waals surface area contributed by atoms with Gasteiger partial charge < -0.3 is 4.74 Å². The second-order valence-electron chi connectivity index (χ2n) is 7.48. The van der Waals surface area contributed by atoms with Gasteiger partial charge >= 0.3 is 0 Å². The monoisotopic (exact) mass is 406 g/mol. The van der Waals surface area contributed by atoms with Crippen molar-refractivity contribution < 1.29 is 4.74 Å². The van der Waals surface area contributed by atoms with E-state index in [1.807, 2.05) is 35.0 Å².